The molecule has 0 aliphatic carbocycles. The van der Waals surface area contributed by atoms with E-state index in [1.54, 1.807) is 0 Å². The molecule has 4 rings (SSSR count). The summed E-state index contributed by atoms with van der Waals surface area (Å²) in [5.74, 6) is 0.324. The van der Waals surface area contributed by atoms with E-state index >= 15 is 0 Å². The highest BCUT2D eigenvalue weighted by Crippen LogP contribution is 2.47. The maximum Gasteiger partial charge on any atom is 0.192 e. The van der Waals surface area contributed by atoms with Crippen molar-refractivity contribution < 1.29 is 5.11 Å². The Bertz CT molecular complexity index is 889. The van der Waals surface area contributed by atoms with E-state index in [2.05, 4.69) is 69.0 Å². The zero-order valence-electron chi connectivity index (χ0n) is 14.0. The first-order valence-electron chi connectivity index (χ1n) is 8.07. The van der Waals surface area contributed by atoms with E-state index in [0.29, 0.717) is 5.88 Å². The van der Waals surface area contributed by atoms with Crippen LogP contribution in [0.3, 0.4) is 0 Å². The zero-order valence-corrected chi connectivity index (χ0v) is 14.0. The van der Waals surface area contributed by atoms with Crippen LogP contribution in [0.25, 0.3) is 11.6 Å². The van der Waals surface area contributed by atoms with Gasteiger partial charge in [0.1, 0.15) is 0 Å². The molecule has 0 fully saturated rings. The lowest BCUT2D eigenvalue weighted by molar-refractivity contribution is 0.384. The predicted octanol–water partition coefficient (Wildman–Crippen LogP) is 5.45. The molecule has 0 aromatic heterocycles. The van der Waals surface area contributed by atoms with E-state index in [1.165, 1.54) is 33.4 Å². The van der Waals surface area contributed by atoms with E-state index in [9.17, 15) is 5.11 Å². The maximum atomic E-state index is 10.7. The molecule has 2 heterocycles. The third-order valence-electron chi connectivity index (χ3n) is 4.99. The molecule has 0 saturated heterocycles. The Labute approximate surface area is 137 Å². The van der Waals surface area contributed by atoms with Crippen LogP contribution in [0.2, 0.25) is 0 Å². The number of benzene rings is 2. The molecule has 2 aliphatic heterocycles. The quantitative estimate of drug-likeness (QED) is 0.700. The SMILES string of the molecule is CC1=CC2c3cc(C)cc(C)c3C=C(O)N2c2cccc(C)c21. The number of aliphatic hydroxyl groups is 1. The zero-order chi connectivity index (χ0) is 16.3. The Balaban J connectivity index is 2.02. The van der Waals surface area contributed by atoms with Gasteiger partial charge < -0.3 is 10.0 Å². The molecule has 2 aromatic carbocycles. The highest BCUT2D eigenvalue weighted by atomic mass is 16.3. The van der Waals surface area contributed by atoms with Gasteiger partial charge in [-0.3, -0.25) is 0 Å². The van der Waals surface area contributed by atoms with Crippen LogP contribution in [0.1, 0.15) is 46.3 Å². The Hall–Kier alpha value is -2.48. The number of fused-ring (bicyclic) bond motifs is 5. The molecule has 1 atom stereocenters. The molecule has 0 radical (unpaired) electrons. The largest absolute Gasteiger partial charge is 0.494 e. The lowest BCUT2D eigenvalue weighted by Gasteiger charge is -2.40. The van der Waals surface area contributed by atoms with Gasteiger partial charge in [-0.05, 0) is 61.6 Å². The van der Waals surface area contributed by atoms with E-state index < -0.39 is 0 Å². The number of hydrogen-bond acceptors (Lipinski definition) is 2. The number of allylic oxidation sites excluding steroid dienone is 1. The summed E-state index contributed by atoms with van der Waals surface area (Å²) in [5, 5.41) is 10.7. The van der Waals surface area contributed by atoms with Crippen LogP contribution in [0.4, 0.5) is 5.69 Å². The second-order valence-electron chi connectivity index (χ2n) is 6.72. The summed E-state index contributed by atoms with van der Waals surface area (Å²) >= 11 is 0. The first-order chi connectivity index (χ1) is 11.0. The van der Waals surface area contributed by atoms with Crippen LogP contribution in [-0.2, 0) is 0 Å². The minimum absolute atomic E-state index is 0.0582. The standard InChI is InChI=1S/C21H21NO/c1-12-8-14(3)16-11-20(23)22-18-7-5-6-13(2)21(18)15(4)10-19(22)17(16)9-12/h5-11,19,23H,1-4H3. The number of rotatable bonds is 0. The van der Waals surface area contributed by atoms with Crippen LogP contribution in [0.5, 0.6) is 0 Å². The van der Waals surface area contributed by atoms with E-state index in [-0.39, 0.29) is 6.04 Å². The topological polar surface area (TPSA) is 23.5 Å². The molecule has 0 spiro atoms. The number of aryl methyl sites for hydroxylation is 3. The minimum Gasteiger partial charge on any atom is -0.494 e. The predicted molar refractivity (Wildman–Crippen MR) is 96.6 cm³/mol. The normalized spacial score (nSPS) is 18.6. The average Bonchev–Trinajstić information content (AvgIpc) is 2.48. The van der Waals surface area contributed by atoms with Crippen molar-refractivity contribution in [1.29, 1.82) is 0 Å². The molecule has 2 aliphatic rings. The van der Waals surface area contributed by atoms with E-state index in [1.807, 2.05) is 6.08 Å². The monoisotopic (exact) mass is 303 g/mol. The fraction of sp³-hybridized carbons (Fsp3) is 0.238. The van der Waals surface area contributed by atoms with Gasteiger partial charge in [-0.2, -0.15) is 0 Å². The molecule has 0 bridgehead atoms. The molecule has 1 unspecified atom stereocenters. The van der Waals surface area contributed by atoms with Crippen molar-refractivity contribution in [2.75, 3.05) is 4.90 Å². The minimum atomic E-state index is 0.0582. The summed E-state index contributed by atoms with van der Waals surface area (Å²) in [4.78, 5) is 2.05. The summed E-state index contributed by atoms with van der Waals surface area (Å²) in [6.45, 7) is 8.54. The Morgan fingerprint density at radius 1 is 1.00 bits per heavy atom. The number of hydrogen-bond donors (Lipinski definition) is 1. The van der Waals surface area contributed by atoms with Gasteiger partial charge >= 0.3 is 0 Å². The molecule has 1 N–H and O–H groups in total. The van der Waals surface area contributed by atoms with Crippen LogP contribution >= 0.6 is 0 Å². The molecular formula is C21H21NO. The van der Waals surface area contributed by atoms with Gasteiger partial charge in [-0.1, -0.05) is 35.9 Å². The summed E-state index contributed by atoms with van der Waals surface area (Å²) in [7, 11) is 0. The summed E-state index contributed by atoms with van der Waals surface area (Å²) in [6.07, 6.45) is 4.18. The van der Waals surface area contributed by atoms with Gasteiger partial charge in [0.25, 0.3) is 0 Å². The molecule has 2 nitrogen and oxygen atoms in total. The Morgan fingerprint density at radius 2 is 1.78 bits per heavy atom. The molecule has 23 heavy (non-hydrogen) atoms. The van der Waals surface area contributed by atoms with Crippen LogP contribution in [-0.4, -0.2) is 5.11 Å². The molecular weight excluding hydrogens is 282 g/mol. The van der Waals surface area contributed by atoms with Crippen molar-refractivity contribution in [3.63, 3.8) is 0 Å². The third-order valence-corrected chi connectivity index (χ3v) is 4.99. The van der Waals surface area contributed by atoms with Crippen molar-refractivity contribution in [2.24, 2.45) is 0 Å². The van der Waals surface area contributed by atoms with Crippen LogP contribution in [0.15, 0.2) is 42.3 Å². The molecule has 2 aromatic rings. The fourth-order valence-electron chi connectivity index (χ4n) is 4.06. The lowest BCUT2D eigenvalue weighted by atomic mass is 9.84. The number of aliphatic hydroxyl groups excluding tert-OH is 1. The van der Waals surface area contributed by atoms with Gasteiger partial charge in [-0.25, -0.2) is 0 Å². The molecule has 116 valence electrons. The first-order valence-corrected chi connectivity index (χ1v) is 8.07. The average molecular weight is 303 g/mol. The highest BCUT2D eigenvalue weighted by molar-refractivity contribution is 5.86. The lowest BCUT2D eigenvalue weighted by Crippen LogP contribution is -2.33. The molecule has 2 heteroatoms. The van der Waals surface area contributed by atoms with E-state index in [0.717, 1.165) is 11.3 Å². The van der Waals surface area contributed by atoms with Gasteiger partial charge in [0.05, 0.1) is 11.7 Å². The van der Waals surface area contributed by atoms with Crippen molar-refractivity contribution in [3.8, 4) is 0 Å². The van der Waals surface area contributed by atoms with Crippen LogP contribution < -0.4 is 4.90 Å². The first kappa shape index (κ1) is 14.1. The van der Waals surface area contributed by atoms with Crippen molar-refractivity contribution in [3.05, 3.63) is 75.7 Å². The van der Waals surface area contributed by atoms with Crippen molar-refractivity contribution in [1.82, 2.24) is 0 Å². The van der Waals surface area contributed by atoms with Gasteiger partial charge in [0.2, 0.25) is 0 Å². The summed E-state index contributed by atoms with van der Waals surface area (Å²) in [5.41, 5.74) is 9.74. The molecule has 0 amide bonds. The second-order valence-corrected chi connectivity index (χ2v) is 6.72. The fourth-order valence-corrected chi connectivity index (χ4v) is 4.06. The number of nitrogens with zero attached hydrogens (tertiary/aromatic N) is 1. The van der Waals surface area contributed by atoms with Gasteiger partial charge in [0, 0.05) is 11.6 Å². The third kappa shape index (κ3) is 1.94. The maximum absolute atomic E-state index is 10.7. The van der Waals surface area contributed by atoms with Crippen LogP contribution in [0, 0.1) is 20.8 Å². The van der Waals surface area contributed by atoms with Crippen molar-refractivity contribution >= 4 is 17.3 Å². The summed E-state index contributed by atoms with van der Waals surface area (Å²) in [6, 6.07) is 10.8. The Morgan fingerprint density at radius 3 is 2.57 bits per heavy atom. The Kier molecular flexibility index (Phi) is 2.92. The van der Waals surface area contributed by atoms with E-state index in [4.69, 9.17) is 0 Å². The van der Waals surface area contributed by atoms with Gasteiger partial charge in [-0.15, -0.1) is 0 Å². The highest BCUT2D eigenvalue weighted by Gasteiger charge is 2.34. The molecule has 0 saturated carbocycles. The van der Waals surface area contributed by atoms with Gasteiger partial charge in [0.15, 0.2) is 5.88 Å². The summed E-state index contributed by atoms with van der Waals surface area (Å²) < 4.78 is 0. The second kappa shape index (κ2) is 4.76. The smallest absolute Gasteiger partial charge is 0.192 e. The van der Waals surface area contributed by atoms with Crippen molar-refractivity contribution in [2.45, 2.75) is 33.7 Å². The number of anilines is 1.